The number of benzene rings is 1. The molecule has 1 atom stereocenters. The summed E-state index contributed by atoms with van der Waals surface area (Å²) in [6.07, 6.45) is 4.79. The number of aromatic nitrogens is 2. The first-order chi connectivity index (χ1) is 12.6. The minimum atomic E-state index is 0.477. The Labute approximate surface area is 155 Å². The molecule has 26 heavy (non-hydrogen) atoms. The minimum absolute atomic E-state index is 0.477. The Hall–Kier alpha value is -2.62. The second-order valence-electron chi connectivity index (χ2n) is 7.15. The Morgan fingerprint density at radius 1 is 1.04 bits per heavy atom. The number of hydrogen-bond donors (Lipinski definition) is 0. The van der Waals surface area contributed by atoms with Crippen LogP contribution in [-0.2, 0) is 0 Å². The molecule has 1 aromatic carbocycles. The number of methoxy groups -OCH3 is 1. The van der Waals surface area contributed by atoms with E-state index >= 15 is 0 Å². The Morgan fingerprint density at radius 3 is 2.62 bits per heavy atom. The lowest BCUT2D eigenvalue weighted by molar-refractivity contribution is 0.221. The highest BCUT2D eigenvalue weighted by atomic mass is 16.5. The number of nitrogens with zero attached hydrogens (tertiary/aromatic N) is 2. The van der Waals surface area contributed by atoms with Gasteiger partial charge in [-0.15, -0.1) is 0 Å². The summed E-state index contributed by atoms with van der Waals surface area (Å²) in [6.45, 7) is 7.29. The molecule has 0 N–H and O–H groups in total. The third kappa shape index (κ3) is 4.13. The second-order valence-corrected chi connectivity index (χ2v) is 7.15. The van der Waals surface area contributed by atoms with Crippen LogP contribution in [0.2, 0.25) is 0 Å². The highest BCUT2D eigenvalue weighted by Crippen LogP contribution is 2.33. The molecule has 0 radical (unpaired) electrons. The van der Waals surface area contributed by atoms with Crippen LogP contribution >= 0.6 is 0 Å². The van der Waals surface area contributed by atoms with Crippen molar-refractivity contribution in [2.75, 3.05) is 13.7 Å². The Bertz CT molecular complexity index is 872. The van der Waals surface area contributed by atoms with Crippen LogP contribution in [0.4, 0.5) is 0 Å². The molecular formula is C22H26N2O2. The fourth-order valence-electron chi connectivity index (χ4n) is 3.28. The third-order valence-electron chi connectivity index (χ3n) is 4.38. The lowest BCUT2D eigenvalue weighted by Gasteiger charge is -2.16. The normalized spacial score (nSPS) is 12.3. The van der Waals surface area contributed by atoms with E-state index in [0.717, 1.165) is 28.5 Å². The largest absolute Gasteiger partial charge is 0.491 e. The van der Waals surface area contributed by atoms with Crippen molar-refractivity contribution in [1.82, 2.24) is 9.97 Å². The van der Waals surface area contributed by atoms with Gasteiger partial charge in [0.25, 0.3) is 5.88 Å². The molecule has 0 aliphatic carbocycles. The number of pyridine rings is 2. The first-order valence-corrected chi connectivity index (χ1v) is 9.09. The minimum Gasteiger partial charge on any atom is -0.491 e. The molecule has 0 fully saturated rings. The summed E-state index contributed by atoms with van der Waals surface area (Å²) in [4.78, 5) is 8.94. The van der Waals surface area contributed by atoms with Crippen LogP contribution in [-0.4, -0.2) is 23.7 Å². The van der Waals surface area contributed by atoms with Gasteiger partial charge < -0.3 is 9.47 Å². The van der Waals surface area contributed by atoms with Gasteiger partial charge in [-0.25, -0.2) is 4.98 Å². The van der Waals surface area contributed by atoms with Crippen LogP contribution in [0.5, 0.6) is 11.6 Å². The molecule has 0 bridgehead atoms. The van der Waals surface area contributed by atoms with Gasteiger partial charge in [0.2, 0.25) is 0 Å². The van der Waals surface area contributed by atoms with Crippen LogP contribution < -0.4 is 9.47 Å². The van der Waals surface area contributed by atoms with Gasteiger partial charge in [-0.3, -0.25) is 4.98 Å². The smallest absolute Gasteiger partial charge is 0.257 e. The van der Waals surface area contributed by atoms with E-state index in [2.05, 4.69) is 36.8 Å². The molecule has 4 nitrogen and oxygen atoms in total. The van der Waals surface area contributed by atoms with Crippen molar-refractivity contribution in [1.29, 1.82) is 0 Å². The Morgan fingerprint density at radius 2 is 1.85 bits per heavy atom. The molecule has 0 amide bonds. The molecule has 0 aliphatic rings. The van der Waals surface area contributed by atoms with Crippen LogP contribution in [0.15, 0.2) is 48.8 Å². The van der Waals surface area contributed by atoms with Crippen molar-refractivity contribution in [3.63, 3.8) is 0 Å². The SMILES string of the molecule is COc1cc(-c2ccnc3ccccc23)cnc1OC[C@@H](C)CC(C)C. The first kappa shape index (κ1) is 18.2. The van der Waals surface area contributed by atoms with E-state index in [4.69, 9.17) is 9.47 Å². The Balaban J connectivity index is 1.86. The van der Waals surface area contributed by atoms with Gasteiger partial charge in [0, 0.05) is 23.3 Å². The molecule has 3 rings (SSSR count). The number of para-hydroxylation sites is 1. The third-order valence-corrected chi connectivity index (χ3v) is 4.38. The maximum atomic E-state index is 5.92. The average Bonchev–Trinajstić information content (AvgIpc) is 2.65. The van der Waals surface area contributed by atoms with E-state index in [1.54, 1.807) is 7.11 Å². The molecular weight excluding hydrogens is 324 g/mol. The van der Waals surface area contributed by atoms with Crippen molar-refractivity contribution in [3.05, 3.63) is 48.8 Å². The van der Waals surface area contributed by atoms with Crippen molar-refractivity contribution in [3.8, 4) is 22.8 Å². The molecule has 2 aromatic heterocycles. The highest BCUT2D eigenvalue weighted by Gasteiger charge is 2.13. The van der Waals surface area contributed by atoms with Gasteiger partial charge in [-0.1, -0.05) is 39.0 Å². The van der Waals surface area contributed by atoms with Gasteiger partial charge in [0.15, 0.2) is 5.75 Å². The number of ether oxygens (including phenoxy) is 2. The maximum absolute atomic E-state index is 5.92. The fraction of sp³-hybridized carbons (Fsp3) is 0.364. The monoisotopic (exact) mass is 350 g/mol. The maximum Gasteiger partial charge on any atom is 0.257 e. The van der Waals surface area contributed by atoms with Gasteiger partial charge in [0.1, 0.15) is 0 Å². The summed E-state index contributed by atoms with van der Waals surface area (Å²) in [6, 6.07) is 12.1. The predicted octanol–water partition coefficient (Wildman–Crippen LogP) is 5.37. The first-order valence-electron chi connectivity index (χ1n) is 9.09. The molecule has 4 heteroatoms. The van der Waals surface area contributed by atoms with E-state index in [0.29, 0.717) is 30.1 Å². The van der Waals surface area contributed by atoms with Crippen molar-refractivity contribution >= 4 is 10.9 Å². The van der Waals surface area contributed by atoms with E-state index in [-0.39, 0.29) is 0 Å². The molecule has 2 heterocycles. The summed E-state index contributed by atoms with van der Waals surface area (Å²) in [5, 5.41) is 1.10. The second kappa shape index (κ2) is 8.17. The fourth-order valence-corrected chi connectivity index (χ4v) is 3.28. The van der Waals surface area contributed by atoms with Gasteiger partial charge in [-0.2, -0.15) is 0 Å². The zero-order valence-electron chi connectivity index (χ0n) is 15.9. The highest BCUT2D eigenvalue weighted by molar-refractivity contribution is 5.94. The lowest BCUT2D eigenvalue weighted by atomic mass is 10.00. The van der Waals surface area contributed by atoms with Gasteiger partial charge in [-0.05, 0) is 42.0 Å². The van der Waals surface area contributed by atoms with E-state index in [1.807, 2.05) is 42.7 Å². The standard InChI is InChI=1S/C22H26N2O2/c1-15(2)11-16(3)14-26-22-21(25-4)12-17(13-24-22)18-9-10-23-20-8-6-5-7-19(18)20/h5-10,12-13,15-16H,11,14H2,1-4H3/t16-/m0/s1. The summed E-state index contributed by atoms with van der Waals surface area (Å²) >= 11 is 0. The Kier molecular flexibility index (Phi) is 5.71. The van der Waals surface area contributed by atoms with Crippen molar-refractivity contribution in [2.45, 2.75) is 27.2 Å². The van der Waals surface area contributed by atoms with E-state index in [1.165, 1.54) is 0 Å². The quantitative estimate of drug-likeness (QED) is 0.575. The topological polar surface area (TPSA) is 44.2 Å². The molecule has 0 aliphatic heterocycles. The number of rotatable bonds is 7. The van der Waals surface area contributed by atoms with Crippen LogP contribution in [0.1, 0.15) is 27.2 Å². The van der Waals surface area contributed by atoms with Gasteiger partial charge in [0.05, 0.1) is 19.2 Å². The van der Waals surface area contributed by atoms with E-state index < -0.39 is 0 Å². The predicted molar refractivity (Wildman–Crippen MR) is 106 cm³/mol. The summed E-state index contributed by atoms with van der Waals surface area (Å²) in [7, 11) is 1.65. The van der Waals surface area contributed by atoms with Gasteiger partial charge >= 0.3 is 0 Å². The summed E-state index contributed by atoms with van der Waals surface area (Å²) in [5.41, 5.74) is 3.04. The lowest BCUT2D eigenvalue weighted by Crippen LogP contribution is -2.12. The molecule has 136 valence electrons. The van der Waals surface area contributed by atoms with Crippen LogP contribution in [0.25, 0.3) is 22.0 Å². The molecule has 0 spiro atoms. The average molecular weight is 350 g/mol. The summed E-state index contributed by atoms with van der Waals surface area (Å²) < 4.78 is 11.5. The van der Waals surface area contributed by atoms with Crippen LogP contribution in [0, 0.1) is 11.8 Å². The zero-order valence-corrected chi connectivity index (χ0v) is 15.9. The molecule has 3 aromatic rings. The number of hydrogen-bond acceptors (Lipinski definition) is 4. The van der Waals surface area contributed by atoms with Crippen LogP contribution in [0.3, 0.4) is 0 Å². The zero-order chi connectivity index (χ0) is 18.5. The van der Waals surface area contributed by atoms with E-state index in [9.17, 15) is 0 Å². The summed E-state index contributed by atoms with van der Waals surface area (Å²) in [5.74, 6) is 2.33. The van der Waals surface area contributed by atoms with Crippen molar-refractivity contribution < 1.29 is 9.47 Å². The van der Waals surface area contributed by atoms with Crippen molar-refractivity contribution in [2.24, 2.45) is 11.8 Å². The molecule has 0 saturated heterocycles. The molecule has 0 unspecified atom stereocenters. The number of fused-ring (bicyclic) bond motifs is 1. The molecule has 0 saturated carbocycles.